The van der Waals surface area contributed by atoms with E-state index < -0.39 is 0 Å². The van der Waals surface area contributed by atoms with Gasteiger partial charge < -0.3 is 15.6 Å². The predicted octanol–water partition coefficient (Wildman–Crippen LogP) is 3.50. The monoisotopic (exact) mass is 468 g/mol. The lowest BCUT2D eigenvalue weighted by molar-refractivity contribution is 0.652. The first-order valence-electron chi connectivity index (χ1n) is 8.96. The molecule has 0 aliphatic carbocycles. The van der Waals surface area contributed by atoms with Crippen molar-refractivity contribution in [2.45, 2.75) is 45.7 Å². The fourth-order valence-corrected chi connectivity index (χ4v) is 2.54. The lowest BCUT2D eigenvalue weighted by atomic mass is 10.1. The smallest absolute Gasteiger partial charge is 0.250 e. The molecule has 1 aromatic carbocycles. The number of hydrogen-bond donors (Lipinski definition) is 2. The zero-order chi connectivity index (χ0) is 17.9. The molecule has 1 heterocycles. The van der Waals surface area contributed by atoms with Crippen molar-refractivity contribution in [1.29, 1.82) is 0 Å². The highest BCUT2D eigenvalue weighted by Gasteiger charge is 1.98. The fraction of sp³-hybridized carbons (Fsp3) is 0.400. The maximum Gasteiger partial charge on any atom is 0.250 e. The minimum absolute atomic E-state index is 0. The molecule has 0 amide bonds. The van der Waals surface area contributed by atoms with Gasteiger partial charge >= 0.3 is 0 Å². The van der Waals surface area contributed by atoms with E-state index >= 15 is 0 Å². The number of guanidine groups is 1. The van der Waals surface area contributed by atoms with Gasteiger partial charge in [-0.25, -0.2) is 4.99 Å². The molecular formula is C20H29IN4O. The molecule has 142 valence electrons. The van der Waals surface area contributed by atoms with Gasteiger partial charge in [-0.05, 0) is 23.6 Å². The van der Waals surface area contributed by atoms with Crippen molar-refractivity contribution in [3.05, 3.63) is 70.1 Å². The number of rotatable bonds is 9. The van der Waals surface area contributed by atoms with Crippen LogP contribution in [0.1, 0.15) is 43.7 Å². The standard InChI is InChI=1S/C20H28N4O.HI/c1-2-3-4-6-13-22-20(21)23-15-17-9-11-18(12-10-17)16-24-14-7-5-8-19(24)25;/h5,7-12,14H,2-4,6,13,15-16H2,1H3,(H3,21,22,23);1H. The van der Waals surface area contributed by atoms with Crippen LogP contribution in [-0.2, 0) is 13.1 Å². The van der Waals surface area contributed by atoms with Gasteiger partial charge in [0.05, 0.1) is 13.1 Å². The Labute approximate surface area is 172 Å². The van der Waals surface area contributed by atoms with Crippen LogP contribution in [0.2, 0.25) is 0 Å². The van der Waals surface area contributed by atoms with Crippen molar-refractivity contribution in [2.24, 2.45) is 10.7 Å². The molecule has 0 saturated heterocycles. The highest BCUT2D eigenvalue weighted by Crippen LogP contribution is 2.07. The maximum atomic E-state index is 11.7. The first-order valence-corrected chi connectivity index (χ1v) is 8.96. The van der Waals surface area contributed by atoms with Crippen LogP contribution < -0.4 is 16.6 Å². The minimum atomic E-state index is 0. The molecule has 3 N–H and O–H groups in total. The quantitative estimate of drug-likeness (QED) is 0.256. The number of aliphatic imine (C=N–C) groups is 1. The molecule has 2 aromatic rings. The number of unbranched alkanes of at least 4 members (excludes halogenated alkanes) is 3. The van der Waals surface area contributed by atoms with Gasteiger partial charge in [-0.15, -0.1) is 24.0 Å². The lowest BCUT2D eigenvalue weighted by Gasteiger charge is -2.07. The molecule has 0 unspecified atom stereocenters. The summed E-state index contributed by atoms with van der Waals surface area (Å²) in [5, 5.41) is 3.15. The third-order valence-corrected chi connectivity index (χ3v) is 4.04. The van der Waals surface area contributed by atoms with Crippen molar-refractivity contribution in [2.75, 3.05) is 6.54 Å². The molecule has 0 radical (unpaired) electrons. The summed E-state index contributed by atoms with van der Waals surface area (Å²) in [5.41, 5.74) is 8.08. The average molecular weight is 468 g/mol. The first kappa shape index (κ1) is 22.2. The van der Waals surface area contributed by atoms with Crippen LogP contribution in [0.15, 0.2) is 58.4 Å². The zero-order valence-electron chi connectivity index (χ0n) is 15.4. The molecule has 6 heteroatoms. The third-order valence-electron chi connectivity index (χ3n) is 4.04. The van der Waals surface area contributed by atoms with E-state index in [1.165, 1.54) is 19.3 Å². The Kier molecular flexibility index (Phi) is 10.7. The Morgan fingerprint density at radius 2 is 1.81 bits per heavy atom. The molecule has 0 fully saturated rings. The van der Waals surface area contributed by atoms with Crippen molar-refractivity contribution in [3.63, 3.8) is 0 Å². The molecule has 0 aliphatic heterocycles. The molecule has 5 nitrogen and oxygen atoms in total. The van der Waals surface area contributed by atoms with Crippen LogP contribution in [0.25, 0.3) is 0 Å². The van der Waals surface area contributed by atoms with E-state index in [9.17, 15) is 4.79 Å². The van der Waals surface area contributed by atoms with Crippen LogP contribution in [0.5, 0.6) is 0 Å². The Bertz CT molecular complexity index is 725. The molecule has 26 heavy (non-hydrogen) atoms. The van der Waals surface area contributed by atoms with Crippen molar-refractivity contribution < 1.29 is 0 Å². The summed E-state index contributed by atoms with van der Waals surface area (Å²) in [6.07, 6.45) is 6.65. The number of halogens is 1. The summed E-state index contributed by atoms with van der Waals surface area (Å²) >= 11 is 0. The summed E-state index contributed by atoms with van der Waals surface area (Å²) < 4.78 is 1.69. The number of aromatic nitrogens is 1. The Morgan fingerprint density at radius 1 is 1.08 bits per heavy atom. The molecule has 2 rings (SSSR count). The number of nitrogens with zero attached hydrogens (tertiary/aromatic N) is 2. The van der Waals surface area contributed by atoms with E-state index in [4.69, 9.17) is 5.73 Å². The van der Waals surface area contributed by atoms with Gasteiger partial charge in [0.25, 0.3) is 5.56 Å². The number of hydrogen-bond acceptors (Lipinski definition) is 2. The lowest BCUT2D eigenvalue weighted by Crippen LogP contribution is -2.32. The van der Waals surface area contributed by atoms with Gasteiger partial charge in [0.2, 0.25) is 0 Å². The second kappa shape index (κ2) is 12.5. The van der Waals surface area contributed by atoms with Gasteiger partial charge in [0.15, 0.2) is 5.96 Å². The molecule has 0 bridgehead atoms. The van der Waals surface area contributed by atoms with Gasteiger partial charge in [-0.2, -0.15) is 0 Å². The van der Waals surface area contributed by atoms with Crippen LogP contribution in [0.3, 0.4) is 0 Å². The van der Waals surface area contributed by atoms with Gasteiger partial charge in [0.1, 0.15) is 0 Å². The van der Waals surface area contributed by atoms with Crippen molar-refractivity contribution >= 4 is 29.9 Å². The average Bonchev–Trinajstić information content (AvgIpc) is 2.63. The van der Waals surface area contributed by atoms with E-state index in [0.29, 0.717) is 19.0 Å². The molecule has 0 spiro atoms. The van der Waals surface area contributed by atoms with E-state index in [2.05, 4.69) is 17.2 Å². The van der Waals surface area contributed by atoms with E-state index in [0.717, 1.165) is 24.1 Å². The summed E-state index contributed by atoms with van der Waals surface area (Å²) in [6.45, 7) is 4.21. The van der Waals surface area contributed by atoms with Gasteiger partial charge in [-0.3, -0.25) is 4.79 Å². The molecule has 0 saturated carbocycles. The number of benzene rings is 1. The van der Waals surface area contributed by atoms with Crippen LogP contribution in [0.4, 0.5) is 0 Å². The second-order valence-electron chi connectivity index (χ2n) is 6.17. The maximum absolute atomic E-state index is 11.7. The molecular weight excluding hydrogens is 439 g/mol. The zero-order valence-corrected chi connectivity index (χ0v) is 17.7. The highest BCUT2D eigenvalue weighted by atomic mass is 127. The van der Waals surface area contributed by atoms with Gasteiger partial charge in [-0.1, -0.05) is 56.5 Å². The Hall–Kier alpha value is -1.83. The third kappa shape index (κ3) is 8.03. The number of pyridine rings is 1. The predicted molar refractivity (Wildman–Crippen MR) is 119 cm³/mol. The highest BCUT2D eigenvalue weighted by molar-refractivity contribution is 14.0. The molecule has 1 aromatic heterocycles. The Morgan fingerprint density at radius 3 is 2.50 bits per heavy atom. The Balaban J connectivity index is 0.00000338. The summed E-state index contributed by atoms with van der Waals surface area (Å²) in [5.74, 6) is 0.497. The minimum Gasteiger partial charge on any atom is -0.370 e. The van der Waals surface area contributed by atoms with E-state index in [-0.39, 0.29) is 29.5 Å². The summed E-state index contributed by atoms with van der Waals surface area (Å²) in [6, 6.07) is 13.3. The second-order valence-corrected chi connectivity index (χ2v) is 6.17. The topological polar surface area (TPSA) is 72.4 Å². The summed E-state index contributed by atoms with van der Waals surface area (Å²) in [7, 11) is 0. The van der Waals surface area contributed by atoms with Crippen LogP contribution >= 0.6 is 24.0 Å². The fourth-order valence-electron chi connectivity index (χ4n) is 2.54. The van der Waals surface area contributed by atoms with Crippen molar-refractivity contribution in [3.8, 4) is 0 Å². The van der Waals surface area contributed by atoms with Gasteiger partial charge in [0, 0.05) is 18.8 Å². The van der Waals surface area contributed by atoms with Crippen molar-refractivity contribution in [1.82, 2.24) is 9.88 Å². The SMILES string of the molecule is CCCCCCNC(N)=NCc1ccc(Cn2ccccc2=O)cc1.I. The molecule has 0 atom stereocenters. The van der Waals surface area contributed by atoms with Crippen LogP contribution in [0, 0.1) is 0 Å². The number of nitrogens with two attached hydrogens (primary N) is 1. The van der Waals surface area contributed by atoms with E-state index in [1.54, 1.807) is 22.9 Å². The van der Waals surface area contributed by atoms with Crippen LogP contribution in [-0.4, -0.2) is 17.1 Å². The summed E-state index contributed by atoms with van der Waals surface area (Å²) in [4.78, 5) is 16.1. The largest absolute Gasteiger partial charge is 0.370 e. The first-order chi connectivity index (χ1) is 12.2. The van der Waals surface area contributed by atoms with E-state index in [1.807, 2.05) is 30.3 Å². The normalized spacial score (nSPS) is 11.0. The molecule has 0 aliphatic rings. The number of nitrogens with one attached hydrogen (secondary N) is 1.